The lowest BCUT2D eigenvalue weighted by Gasteiger charge is -2.41. The molecule has 0 N–H and O–H groups in total. The van der Waals surface area contributed by atoms with E-state index in [0.29, 0.717) is 12.2 Å². The summed E-state index contributed by atoms with van der Waals surface area (Å²) < 4.78 is 16.1. The average Bonchev–Trinajstić information content (AvgIpc) is 3.09. The summed E-state index contributed by atoms with van der Waals surface area (Å²) in [6, 6.07) is 4.07. The van der Waals surface area contributed by atoms with Crippen molar-refractivity contribution in [3.63, 3.8) is 0 Å². The van der Waals surface area contributed by atoms with E-state index in [-0.39, 0.29) is 12.8 Å². The number of hydrogen-bond donors (Lipinski definition) is 0. The molecular weight excluding hydrogens is 370 g/mol. The molecular formula is C19H25NO4S2. The van der Waals surface area contributed by atoms with Gasteiger partial charge in [-0.1, -0.05) is 13.8 Å². The molecule has 0 saturated heterocycles. The monoisotopic (exact) mass is 395 g/mol. The minimum Gasteiger partial charge on any atom is -0.463 e. The SMILES string of the molecule is CCOC(=O)C1=CN(CC)c2cc3c(cc2C1(SCC)SCC)OCO3. The van der Waals surface area contributed by atoms with Gasteiger partial charge in [-0.3, -0.25) is 0 Å². The second-order valence-corrected chi connectivity index (χ2v) is 8.97. The van der Waals surface area contributed by atoms with E-state index in [2.05, 4.69) is 25.7 Å². The highest BCUT2D eigenvalue weighted by Gasteiger charge is 2.47. The molecule has 0 saturated carbocycles. The van der Waals surface area contributed by atoms with Gasteiger partial charge >= 0.3 is 5.97 Å². The van der Waals surface area contributed by atoms with Crippen molar-refractivity contribution in [2.24, 2.45) is 0 Å². The lowest BCUT2D eigenvalue weighted by atomic mass is 9.97. The van der Waals surface area contributed by atoms with Crippen molar-refractivity contribution in [2.45, 2.75) is 31.8 Å². The van der Waals surface area contributed by atoms with E-state index < -0.39 is 4.08 Å². The van der Waals surface area contributed by atoms with E-state index in [1.807, 2.05) is 25.3 Å². The van der Waals surface area contributed by atoms with Gasteiger partial charge in [0.1, 0.15) is 4.08 Å². The zero-order chi connectivity index (χ0) is 18.7. The molecule has 1 aromatic carbocycles. The van der Waals surface area contributed by atoms with Crippen LogP contribution in [0.1, 0.15) is 33.3 Å². The third-order valence-corrected chi connectivity index (χ3v) is 7.30. The Labute approximate surface area is 163 Å². The van der Waals surface area contributed by atoms with Crippen LogP contribution in [0.25, 0.3) is 0 Å². The summed E-state index contributed by atoms with van der Waals surface area (Å²) in [5, 5.41) is 0. The number of rotatable bonds is 7. The summed E-state index contributed by atoms with van der Waals surface area (Å²) in [6.45, 7) is 9.48. The Kier molecular flexibility index (Phi) is 5.97. The Morgan fingerprint density at radius 1 is 1.15 bits per heavy atom. The van der Waals surface area contributed by atoms with Crippen LogP contribution in [-0.4, -0.2) is 37.4 Å². The van der Waals surface area contributed by atoms with E-state index in [1.54, 1.807) is 23.5 Å². The Morgan fingerprint density at radius 2 is 1.81 bits per heavy atom. The van der Waals surface area contributed by atoms with Crippen LogP contribution >= 0.6 is 23.5 Å². The van der Waals surface area contributed by atoms with E-state index in [9.17, 15) is 4.79 Å². The van der Waals surface area contributed by atoms with Crippen LogP contribution in [0.2, 0.25) is 0 Å². The summed E-state index contributed by atoms with van der Waals surface area (Å²) in [5.41, 5.74) is 2.82. The highest BCUT2D eigenvalue weighted by Crippen LogP contribution is 2.59. The molecule has 0 bridgehead atoms. The number of thioether (sulfide) groups is 2. The molecule has 0 aromatic heterocycles. The van der Waals surface area contributed by atoms with Gasteiger partial charge in [-0.15, -0.1) is 23.5 Å². The van der Waals surface area contributed by atoms with Crippen molar-refractivity contribution in [1.82, 2.24) is 0 Å². The van der Waals surface area contributed by atoms with Gasteiger partial charge in [0, 0.05) is 24.4 Å². The van der Waals surface area contributed by atoms with E-state index in [4.69, 9.17) is 14.2 Å². The van der Waals surface area contributed by atoms with Crippen LogP contribution in [0.3, 0.4) is 0 Å². The second-order valence-electron chi connectivity index (χ2n) is 5.75. The van der Waals surface area contributed by atoms with Crippen LogP contribution in [0.4, 0.5) is 5.69 Å². The van der Waals surface area contributed by atoms with Gasteiger partial charge in [0.2, 0.25) is 6.79 Å². The zero-order valence-electron chi connectivity index (χ0n) is 15.7. The number of hydrogen-bond acceptors (Lipinski definition) is 7. The third kappa shape index (κ3) is 3.16. The summed E-state index contributed by atoms with van der Waals surface area (Å²) in [7, 11) is 0. The van der Waals surface area contributed by atoms with Crippen molar-refractivity contribution in [3.05, 3.63) is 29.5 Å². The van der Waals surface area contributed by atoms with Gasteiger partial charge in [0.25, 0.3) is 0 Å². The van der Waals surface area contributed by atoms with Crippen LogP contribution < -0.4 is 14.4 Å². The van der Waals surface area contributed by atoms with Gasteiger partial charge < -0.3 is 19.1 Å². The van der Waals surface area contributed by atoms with Gasteiger partial charge in [0.15, 0.2) is 11.5 Å². The smallest absolute Gasteiger partial charge is 0.338 e. The van der Waals surface area contributed by atoms with Gasteiger partial charge in [-0.25, -0.2) is 4.79 Å². The Bertz CT molecular complexity index is 714. The largest absolute Gasteiger partial charge is 0.463 e. The normalized spacial score (nSPS) is 16.9. The fraction of sp³-hybridized carbons (Fsp3) is 0.526. The number of carbonyl (C=O) groups excluding carboxylic acids is 1. The second kappa shape index (κ2) is 8.05. The Hall–Kier alpha value is -1.47. The number of fused-ring (bicyclic) bond motifs is 2. The summed E-state index contributed by atoms with van der Waals surface area (Å²) in [5.74, 6) is 3.00. The molecule has 0 spiro atoms. The van der Waals surface area contributed by atoms with Crippen molar-refractivity contribution in [1.29, 1.82) is 0 Å². The molecule has 0 radical (unpaired) electrons. The first-order valence-electron chi connectivity index (χ1n) is 8.99. The quantitative estimate of drug-likeness (QED) is 0.502. The predicted octanol–water partition coefficient (Wildman–Crippen LogP) is 4.36. The number of ether oxygens (including phenoxy) is 3. The molecule has 0 unspecified atom stereocenters. The molecule has 142 valence electrons. The first kappa shape index (κ1) is 19.3. The van der Waals surface area contributed by atoms with Crippen LogP contribution in [0, 0.1) is 0 Å². The van der Waals surface area contributed by atoms with Gasteiger partial charge in [-0.2, -0.15) is 0 Å². The number of anilines is 1. The lowest BCUT2D eigenvalue weighted by molar-refractivity contribution is -0.138. The van der Waals surface area contributed by atoms with E-state index >= 15 is 0 Å². The molecule has 1 aromatic rings. The van der Waals surface area contributed by atoms with Gasteiger partial charge in [0.05, 0.1) is 17.9 Å². The third-order valence-electron chi connectivity index (χ3n) is 4.33. The maximum atomic E-state index is 12.9. The molecule has 2 heterocycles. The van der Waals surface area contributed by atoms with Crippen molar-refractivity contribution in [2.75, 3.05) is 36.4 Å². The van der Waals surface area contributed by atoms with E-state index in [0.717, 1.165) is 40.8 Å². The van der Waals surface area contributed by atoms with Crippen LogP contribution in [0.15, 0.2) is 23.9 Å². The summed E-state index contributed by atoms with van der Waals surface area (Å²) >= 11 is 3.52. The van der Waals surface area contributed by atoms with Crippen molar-refractivity contribution >= 4 is 35.2 Å². The lowest BCUT2D eigenvalue weighted by Crippen LogP contribution is -2.36. The first-order chi connectivity index (χ1) is 12.6. The summed E-state index contributed by atoms with van der Waals surface area (Å²) in [6.07, 6.45) is 1.95. The highest BCUT2D eigenvalue weighted by molar-refractivity contribution is 8.17. The number of benzene rings is 1. The highest BCUT2D eigenvalue weighted by atomic mass is 32.2. The van der Waals surface area contributed by atoms with Crippen molar-refractivity contribution < 1.29 is 19.0 Å². The minimum atomic E-state index is -0.516. The molecule has 26 heavy (non-hydrogen) atoms. The molecule has 3 rings (SSSR count). The van der Waals surface area contributed by atoms with Crippen LogP contribution in [-0.2, 0) is 13.6 Å². The number of carbonyl (C=O) groups is 1. The maximum Gasteiger partial charge on any atom is 0.338 e. The average molecular weight is 396 g/mol. The Morgan fingerprint density at radius 3 is 2.38 bits per heavy atom. The van der Waals surface area contributed by atoms with Crippen LogP contribution in [0.5, 0.6) is 11.5 Å². The molecule has 7 heteroatoms. The predicted molar refractivity (Wildman–Crippen MR) is 108 cm³/mol. The number of esters is 1. The zero-order valence-corrected chi connectivity index (χ0v) is 17.3. The fourth-order valence-electron chi connectivity index (χ4n) is 3.30. The molecule has 0 fully saturated rings. The fourth-order valence-corrected chi connectivity index (χ4v) is 6.38. The number of nitrogens with zero attached hydrogens (tertiary/aromatic N) is 1. The molecule has 5 nitrogen and oxygen atoms in total. The van der Waals surface area contributed by atoms with Gasteiger partial charge in [-0.05, 0) is 31.4 Å². The molecule has 2 aliphatic rings. The van der Waals surface area contributed by atoms with Crippen molar-refractivity contribution in [3.8, 4) is 11.5 Å². The molecule has 0 amide bonds. The summed E-state index contributed by atoms with van der Waals surface area (Å²) in [4.78, 5) is 15.0. The molecule has 0 atom stereocenters. The standard InChI is InChI=1S/C19H25NO4S2/c1-5-20-11-14(18(21)22-6-2)19(25-7-3,26-8-4)13-9-16-17(10-15(13)20)24-12-23-16/h9-11H,5-8,12H2,1-4H3. The molecule has 2 aliphatic heterocycles. The van der Waals surface area contributed by atoms with E-state index in [1.165, 1.54) is 0 Å². The minimum absolute atomic E-state index is 0.233. The molecule has 0 aliphatic carbocycles. The first-order valence-corrected chi connectivity index (χ1v) is 11.0. The topological polar surface area (TPSA) is 48.0 Å². The maximum absolute atomic E-state index is 12.9. The Balaban J connectivity index is 2.23.